The summed E-state index contributed by atoms with van der Waals surface area (Å²) in [5.41, 5.74) is 0.378. The van der Waals surface area contributed by atoms with E-state index in [0.717, 1.165) is 43.4 Å². The van der Waals surface area contributed by atoms with E-state index in [2.05, 4.69) is 32.2 Å². The van der Waals surface area contributed by atoms with Crippen LogP contribution in [0.3, 0.4) is 0 Å². The van der Waals surface area contributed by atoms with Gasteiger partial charge in [0.15, 0.2) is 0 Å². The van der Waals surface area contributed by atoms with Crippen LogP contribution >= 0.6 is 0 Å². The lowest BCUT2D eigenvalue weighted by Gasteiger charge is -2.35. The SMILES string of the molecule is COC(CC(CC1(C(=O)NCC2Cc3ccccc3O2)CCCC1)C(=O)O)C(C)(C)C. The van der Waals surface area contributed by atoms with Crippen molar-refractivity contribution in [2.45, 2.75) is 77.9 Å². The van der Waals surface area contributed by atoms with Gasteiger partial charge in [-0.3, -0.25) is 9.59 Å². The molecule has 2 N–H and O–H groups in total. The van der Waals surface area contributed by atoms with Gasteiger partial charge in [-0.15, -0.1) is 0 Å². The second-order valence-electron chi connectivity index (χ2n) is 10.3. The third-order valence-electron chi connectivity index (χ3n) is 6.98. The Morgan fingerprint density at radius 3 is 2.52 bits per heavy atom. The number of carbonyl (C=O) groups is 2. The van der Waals surface area contributed by atoms with Crippen LogP contribution in [0.4, 0.5) is 0 Å². The van der Waals surface area contributed by atoms with Crippen LogP contribution in [0, 0.1) is 16.7 Å². The lowest BCUT2D eigenvalue weighted by atomic mass is 9.73. The van der Waals surface area contributed by atoms with Crippen molar-refractivity contribution in [2.24, 2.45) is 16.7 Å². The highest BCUT2D eigenvalue weighted by atomic mass is 16.5. The van der Waals surface area contributed by atoms with E-state index >= 15 is 0 Å². The van der Waals surface area contributed by atoms with Gasteiger partial charge in [-0.1, -0.05) is 51.8 Å². The van der Waals surface area contributed by atoms with Gasteiger partial charge in [0.2, 0.25) is 5.91 Å². The van der Waals surface area contributed by atoms with Gasteiger partial charge in [0.1, 0.15) is 11.9 Å². The number of amides is 1. The van der Waals surface area contributed by atoms with E-state index in [1.54, 1.807) is 7.11 Å². The van der Waals surface area contributed by atoms with Gasteiger partial charge in [0, 0.05) is 18.9 Å². The van der Waals surface area contributed by atoms with Crippen molar-refractivity contribution in [3.05, 3.63) is 29.8 Å². The fourth-order valence-electron chi connectivity index (χ4n) is 5.14. The number of rotatable bonds is 9. The predicted molar refractivity (Wildman–Crippen MR) is 119 cm³/mol. The molecule has 3 atom stereocenters. The molecule has 1 aromatic rings. The molecule has 1 heterocycles. The van der Waals surface area contributed by atoms with E-state index in [1.807, 2.05) is 18.2 Å². The van der Waals surface area contributed by atoms with Gasteiger partial charge in [-0.2, -0.15) is 0 Å². The maximum absolute atomic E-state index is 13.3. The molecule has 172 valence electrons. The van der Waals surface area contributed by atoms with Crippen molar-refractivity contribution in [3.8, 4) is 5.75 Å². The summed E-state index contributed by atoms with van der Waals surface area (Å²) in [4.78, 5) is 25.4. The quantitative estimate of drug-likeness (QED) is 0.612. The first-order valence-electron chi connectivity index (χ1n) is 11.4. The fraction of sp³-hybridized carbons (Fsp3) is 0.680. The third-order valence-corrected chi connectivity index (χ3v) is 6.98. The summed E-state index contributed by atoms with van der Waals surface area (Å²) < 4.78 is 11.6. The van der Waals surface area contributed by atoms with Gasteiger partial charge >= 0.3 is 5.97 Å². The lowest BCUT2D eigenvalue weighted by Crippen LogP contribution is -2.45. The number of carboxylic acids is 1. The predicted octanol–water partition coefficient (Wildman–Crippen LogP) is 4.21. The molecule has 0 aromatic heterocycles. The van der Waals surface area contributed by atoms with E-state index in [-0.39, 0.29) is 23.5 Å². The Balaban J connectivity index is 1.64. The summed E-state index contributed by atoms with van der Waals surface area (Å²) in [7, 11) is 1.63. The number of aliphatic carboxylic acids is 1. The maximum atomic E-state index is 13.3. The highest BCUT2D eigenvalue weighted by Crippen LogP contribution is 2.45. The summed E-state index contributed by atoms with van der Waals surface area (Å²) in [5, 5.41) is 13.0. The second-order valence-corrected chi connectivity index (χ2v) is 10.3. The van der Waals surface area contributed by atoms with Gasteiger partial charge in [-0.05, 0) is 42.7 Å². The molecule has 1 aliphatic carbocycles. The molecule has 2 aliphatic rings. The topological polar surface area (TPSA) is 84.9 Å². The van der Waals surface area contributed by atoms with Crippen molar-refractivity contribution < 1.29 is 24.2 Å². The van der Waals surface area contributed by atoms with Crippen LogP contribution in [0.15, 0.2) is 24.3 Å². The molecule has 1 amide bonds. The summed E-state index contributed by atoms with van der Waals surface area (Å²) >= 11 is 0. The van der Waals surface area contributed by atoms with Crippen LogP contribution in [-0.4, -0.2) is 42.8 Å². The smallest absolute Gasteiger partial charge is 0.306 e. The average Bonchev–Trinajstić information content (AvgIpc) is 3.35. The van der Waals surface area contributed by atoms with Crippen LogP contribution in [0.1, 0.15) is 64.9 Å². The minimum absolute atomic E-state index is 0.0273. The monoisotopic (exact) mass is 431 g/mol. The molecule has 1 aromatic carbocycles. The summed E-state index contributed by atoms with van der Waals surface area (Å²) in [6.45, 7) is 6.60. The first-order valence-corrected chi connectivity index (χ1v) is 11.4. The molecule has 6 heteroatoms. The lowest BCUT2D eigenvalue weighted by molar-refractivity contribution is -0.146. The van der Waals surface area contributed by atoms with Crippen molar-refractivity contribution >= 4 is 11.9 Å². The fourth-order valence-corrected chi connectivity index (χ4v) is 5.14. The number of para-hydroxylation sites is 1. The number of benzene rings is 1. The number of fused-ring (bicyclic) bond motifs is 1. The molecular formula is C25H37NO5. The van der Waals surface area contributed by atoms with Crippen LogP contribution < -0.4 is 10.1 Å². The van der Waals surface area contributed by atoms with Crippen molar-refractivity contribution in [2.75, 3.05) is 13.7 Å². The Morgan fingerprint density at radius 2 is 1.94 bits per heavy atom. The molecule has 1 saturated carbocycles. The summed E-state index contributed by atoms with van der Waals surface area (Å²) in [6, 6.07) is 7.95. The molecule has 3 unspecified atom stereocenters. The number of carboxylic acid groups (broad SMARTS) is 1. The van der Waals surface area contributed by atoms with Crippen molar-refractivity contribution in [1.82, 2.24) is 5.32 Å². The molecular weight excluding hydrogens is 394 g/mol. The number of hydrogen-bond donors (Lipinski definition) is 2. The molecule has 0 saturated heterocycles. The van der Waals surface area contributed by atoms with Gasteiger partial charge < -0.3 is 19.9 Å². The number of methoxy groups -OCH3 is 1. The summed E-state index contributed by atoms with van der Waals surface area (Å²) in [5.74, 6) is -0.600. The maximum Gasteiger partial charge on any atom is 0.306 e. The number of carbonyl (C=O) groups excluding carboxylic acids is 1. The van der Waals surface area contributed by atoms with Crippen LogP contribution in [0.5, 0.6) is 5.75 Å². The Bertz CT molecular complexity index is 753. The normalized spacial score (nSPS) is 21.7. The molecule has 1 fully saturated rings. The Labute approximate surface area is 185 Å². The average molecular weight is 432 g/mol. The largest absolute Gasteiger partial charge is 0.488 e. The van der Waals surface area contributed by atoms with Crippen molar-refractivity contribution in [3.63, 3.8) is 0 Å². The second kappa shape index (κ2) is 9.60. The molecule has 0 spiro atoms. The third kappa shape index (κ3) is 5.59. The highest BCUT2D eigenvalue weighted by Gasteiger charge is 2.45. The number of hydrogen-bond acceptors (Lipinski definition) is 4. The zero-order valence-corrected chi connectivity index (χ0v) is 19.3. The van der Waals surface area contributed by atoms with E-state index in [9.17, 15) is 14.7 Å². The van der Waals surface area contributed by atoms with Crippen LogP contribution in [0.25, 0.3) is 0 Å². The minimum Gasteiger partial charge on any atom is -0.488 e. The Kier molecular flexibility index (Phi) is 7.30. The van der Waals surface area contributed by atoms with E-state index in [0.29, 0.717) is 19.4 Å². The first kappa shape index (κ1) is 23.6. The molecule has 3 rings (SSSR count). The Morgan fingerprint density at radius 1 is 1.26 bits per heavy atom. The van der Waals surface area contributed by atoms with Crippen LogP contribution in [-0.2, 0) is 20.7 Å². The molecule has 6 nitrogen and oxygen atoms in total. The van der Waals surface area contributed by atoms with E-state index in [1.165, 1.54) is 0 Å². The first-order chi connectivity index (χ1) is 14.6. The van der Waals surface area contributed by atoms with Gasteiger partial charge in [0.05, 0.1) is 18.6 Å². The summed E-state index contributed by atoms with van der Waals surface area (Å²) in [6.07, 6.45) is 4.68. The van der Waals surface area contributed by atoms with E-state index in [4.69, 9.17) is 9.47 Å². The number of ether oxygens (including phenoxy) is 2. The Hall–Kier alpha value is -2.08. The van der Waals surface area contributed by atoms with Crippen LogP contribution in [0.2, 0.25) is 0 Å². The highest BCUT2D eigenvalue weighted by molar-refractivity contribution is 5.84. The van der Waals surface area contributed by atoms with Gasteiger partial charge in [0.25, 0.3) is 0 Å². The molecule has 0 bridgehead atoms. The molecule has 1 aliphatic heterocycles. The zero-order valence-electron chi connectivity index (χ0n) is 19.3. The number of nitrogens with one attached hydrogen (secondary N) is 1. The zero-order chi connectivity index (χ0) is 22.6. The van der Waals surface area contributed by atoms with E-state index < -0.39 is 17.3 Å². The minimum atomic E-state index is -0.847. The molecule has 31 heavy (non-hydrogen) atoms. The van der Waals surface area contributed by atoms with Gasteiger partial charge in [-0.25, -0.2) is 0 Å². The molecule has 0 radical (unpaired) electrons. The standard InChI is InChI=1S/C25H37NO5/c1-24(2,3)21(30-4)14-18(22(27)28)15-25(11-7-8-12-25)23(29)26-16-19-13-17-9-5-6-10-20(17)31-19/h5-6,9-10,18-19,21H,7-8,11-16H2,1-4H3,(H,26,29)(H,27,28). The van der Waals surface area contributed by atoms with Crippen molar-refractivity contribution in [1.29, 1.82) is 0 Å².